The third kappa shape index (κ3) is 30.6. The second kappa shape index (κ2) is 40.0. The molecule has 0 aromatic rings. The molecule has 9 heteroatoms. The summed E-state index contributed by atoms with van der Waals surface area (Å²) in [6, 6.07) is -0.830. The van der Waals surface area contributed by atoms with Gasteiger partial charge in [0.05, 0.1) is 25.4 Å². The zero-order valence-electron chi connectivity index (χ0n) is 37.5. The molecule has 0 aromatic heterocycles. The monoisotopic (exact) mass is 832 g/mol. The number of ether oxygens (including phenoxy) is 2. The Hall–Kier alpha value is -2.11. The lowest BCUT2D eigenvalue weighted by Gasteiger charge is -2.40. The number of carbonyl (C=O) groups excluding carboxylic acids is 1. The van der Waals surface area contributed by atoms with Crippen molar-refractivity contribution in [3.05, 3.63) is 60.8 Å². The Morgan fingerprint density at radius 3 is 1.58 bits per heavy atom. The lowest BCUT2D eigenvalue weighted by Crippen LogP contribution is -2.60. The van der Waals surface area contributed by atoms with Crippen molar-refractivity contribution in [2.45, 2.75) is 236 Å². The highest BCUT2D eigenvalue weighted by molar-refractivity contribution is 5.76. The fraction of sp³-hybridized carbons (Fsp3) is 0.780. The van der Waals surface area contributed by atoms with Gasteiger partial charge in [-0.15, -0.1) is 0 Å². The number of carbonyl (C=O) groups is 1. The Bertz CT molecular complexity index is 1100. The molecule has 7 unspecified atom stereocenters. The number of hydrogen-bond acceptors (Lipinski definition) is 8. The van der Waals surface area contributed by atoms with Crippen molar-refractivity contribution in [1.82, 2.24) is 5.32 Å². The van der Waals surface area contributed by atoms with Crippen LogP contribution in [0.1, 0.15) is 194 Å². The molecule has 1 amide bonds. The quantitative estimate of drug-likeness (QED) is 0.0265. The standard InChI is InChI=1S/C50H89NO8/c1-3-5-7-9-11-13-15-16-17-18-19-20-21-22-23-24-25-26-27-28-30-32-34-36-38-40-46(54)51-43(42-58-50-49(57)48(56)47(55)45(41-52)59-50)44(53)39-37-35-33-31-29-14-12-10-8-6-4-2/h8,10,19-20,22-23,29,31,37,39,43-45,47-50,52-53,55-57H,3-7,9,11-18,21,24-28,30,32-36,38,40-42H2,1-2H3,(H,51,54)/b10-8+,20-19-,23-22-,31-29+,39-37+. The lowest BCUT2D eigenvalue weighted by molar-refractivity contribution is -0.302. The van der Waals surface area contributed by atoms with Gasteiger partial charge >= 0.3 is 0 Å². The van der Waals surface area contributed by atoms with Crippen molar-refractivity contribution in [2.75, 3.05) is 13.2 Å². The third-order valence-corrected chi connectivity index (χ3v) is 11.0. The summed E-state index contributed by atoms with van der Waals surface area (Å²) in [4.78, 5) is 12.9. The predicted molar refractivity (Wildman–Crippen MR) is 244 cm³/mol. The zero-order chi connectivity index (χ0) is 43.0. The minimum atomic E-state index is -1.58. The van der Waals surface area contributed by atoms with E-state index < -0.39 is 49.5 Å². The normalized spacial score (nSPS) is 21.2. The first kappa shape index (κ1) is 54.9. The Morgan fingerprint density at radius 1 is 0.576 bits per heavy atom. The van der Waals surface area contributed by atoms with Crippen LogP contribution < -0.4 is 5.32 Å². The fourth-order valence-electron chi connectivity index (χ4n) is 7.17. The second-order valence-corrected chi connectivity index (χ2v) is 16.5. The molecule has 1 fully saturated rings. The summed E-state index contributed by atoms with van der Waals surface area (Å²) in [6.45, 7) is 3.66. The highest BCUT2D eigenvalue weighted by Crippen LogP contribution is 2.22. The maximum absolute atomic E-state index is 12.9. The number of allylic oxidation sites excluding steroid dienone is 9. The first-order valence-corrected chi connectivity index (χ1v) is 24.0. The Kier molecular flexibility index (Phi) is 37.2. The Balaban J connectivity index is 2.27. The molecule has 342 valence electrons. The summed E-state index contributed by atoms with van der Waals surface area (Å²) in [5.74, 6) is -0.199. The maximum Gasteiger partial charge on any atom is 0.220 e. The summed E-state index contributed by atoms with van der Waals surface area (Å²) in [7, 11) is 0. The molecule has 1 aliphatic rings. The van der Waals surface area contributed by atoms with Crippen LogP contribution in [-0.4, -0.2) is 87.5 Å². The SMILES string of the molecule is CCC/C=C/CC/C=C/CC/C=C/C(O)C(COC1OC(CO)C(O)C(O)C1O)NC(=O)CCCCCCCCCCC/C=C\C/C=C\CCCCCCCCCCC. The number of rotatable bonds is 39. The number of unbranched alkanes of at least 4 members (excludes halogenated alkanes) is 21. The van der Waals surface area contributed by atoms with Crippen LogP contribution in [-0.2, 0) is 14.3 Å². The molecule has 59 heavy (non-hydrogen) atoms. The van der Waals surface area contributed by atoms with E-state index in [9.17, 15) is 30.3 Å². The van der Waals surface area contributed by atoms with E-state index in [0.717, 1.165) is 77.0 Å². The maximum atomic E-state index is 12.9. The number of aliphatic hydroxyl groups excluding tert-OH is 5. The molecule has 0 aromatic carbocycles. The van der Waals surface area contributed by atoms with Gasteiger partial charge in [0.15, 0.2) is 6.29 Å². The lowest BCUT2D eigenvalue weighted by atomic mass is 9.99. The molecule has 9 nitrogen and oxygen atoms in total. The molecule has 1 rings (SSSR count). The number of aliphatic hydroxyl groups is 5. The van der Waals surface area contributed by atoms with Gasteiger partial charge < -0.3 is 40.3 Å². The molecule has 6 N–H and O–H groups in total. The van der Waals surface area contributed by atoms with E-state index in [2.05, 4.69) is 67.8 Å². The van der Waals surface area contributed by atoms with E-state index in [1.807, 2.05) is 6.08 Å². The van der Waals surface area contributed by atoms with Crippen LogP contribution in [0.5, 0.6) is 0 Å². The van der Waals surface area contributed by atoms with Crippen LogP contribution in [0.4, 0.5) is 0 Å². The first-order chi connectivity index (χ1) is 28.8. The van der Waals surface area contributed by atoms with Crippen molar-refractivity contribution in [3.63, 3.8) is 0 Å². The minimum Gasteiger partial charge on any atom is -0.394 e. The summed E-state index contributed by atoms with van der Waals surface area (Å²) in [5.41, 5.74) is 0. The average Bonchev–Trinajstić information content (AvgIpc) is 3.23. The van der Waals surface area contributed by atoms with Crippen LogP contribution in [0, 0.1) is 0 Å². The molecule has 0 radical (unpaired) electrons. The highest BCUT2D eigenvalue weighted by Gasteiger charge is 2.44. The van der Waals surface area contributed by atoms with E-state index in [0.29, 0.717) is 6.42 Å². The van der Waals surface area contributed by atoms with Gasteiger partial charge in [-0.3, -0.25) is 4.79 Å². The minimum absolute atomic E-state index is 0.199. The van der Waals surface area contributed by atoms with Gasteiger partial charge in [0, 0.05) is 6.42 Å². The molecule has 0 bridgehead atoms. The first-order valence-electron chi connectivity index (χ1n) is 24.0. The van der Waals surface area contributed by atoms with Gasteiger partial charge in [-0.1, -0.05) is 177 Å². The van der Waals surface area contributed by atoms with Crippen LogP contribution in [0.15, 0.2) is 60.8 Å². The highest BCUT2D eigenvalue weighted by atomic mass is 16.7. The topological polar surface area (TPSA) is 149 Å². The molecule has 0 saturated carbocycles. The second-order valence-electron chi connectivity index (χ2n) is 16.5. The Labute approximate surface area is 360 Å². The van der Waals surface area contributed by atoms with Crippen LogP contribution >= 0.6 is 0 Å². The zero-order valence-corrected chi connectivity index (χ0v) is 37.5. The molecule has 1 aliphatic heterocycles. The van der Waals surface area contributed by atoms with E-state index in [-0.39, 0.29) is 12.5 Å². The van der Waals surface area contributed by atoms with Gasteiger partial charge in [0.2, 0.25) is 5.91 Å². The molecule has 1 heterocycles. The van der Waals surface area contributed by atoms with Crippen molar-refractivity contribution >= 4 is 5.91 Å². The predicted octanol–water partition coefficient (Wildman–Crippen LogP) is 10.4. The average molecular weight is 832 g/mol. The number of hydrogen-bond donors (Lipinski definition) is 6. The van der Waals surface area contributed by atoms with Crippen molar-refractivity contribution in [1.29, 1.82) is 0 Å². The van der Waals surface area contributed by atoms with Crippen LogP contribution in [0.3, 0.4) is 0 Å². The van der Waals surface area contributed by atoms with Crippen LogP contribution in [0.2, 0.25) is 0 Å². The Morgan fingerprint density at radius 2 is 1.05 bits per heavy atom. The van der Waals surface area contributed by atoms with Crippen molar-refractivity contribution in [3.8, 4) is 0 Å². The van der Waals surface area contributed by atoms with E-state index in [1.54, 1.807) is 6.08 Å². The molecule has 7 atom stereocenters. The van der Waals surface area contributed by atoms with Gasteiger partial charge in [-0.25, -0.2) is 0 Å². The van der Waals surface area contributed by atoms with Crippen molar-refractivity contribution < 1.29 is 39.8 Å². The van der Waals surface area contributed by atoms with E-state index >= 15 is 0 Å². The summed E-state index contributed by atoms with van der Waals surface area (Å²) >= 11 is 0. The van der Waals surface area contributed by atoms with Gasteiger partial charge in [-0.05, 0) is 70.6 Å². The smallest absolute Gasteiger partial charge is 0.220 e. The largest absolute Gasteiger partial charge is 0.394 e. The third-order valence-electron chi connectivity index (χ3n) is 11.0. The van der Waals surface area contributed by atoms with E-state index in [4.69, 9.17) is 9.47 Å². The molecular weight excluding hydrogens is 743 g/mol. The van der Waals surface area contributed by atoms with Gasteiger partial charge in [0.1, 0.15) is 24.4 Å². The number of nitrogens with one attached hydrogen (secondary N) is 1. The summed E-state index contributed by atoms with van der Waals surface area (Å²) < 4.78 is 11.2. The molecule has 0 aliphatic carbocycles. The summed E-state index contributed by atoms with van der Waals surface area (Å²) in [6.07, 6.45) is 45.7. The van der Waals surface area contributed by atoms with E-state index in [1.165, 1.54) is 96.3 Å². The molecular formula is C50H89NO8. The molecule has 1 saturated heterocycles. The van der Waals surface area contributed by atoms with Gasteiger partial charge in [0.25, 0.3) is 0 Å². The number of amides is 1. The van der Waals surface area contributed by atoms with Crippen molar-refractivity contribution in [2.24, 2.45) is 0 Å². The summed E-state index contributed by atoms with van der Waals surface area (Å²) in [5, 5.41) is 54.1. The molecule has 0 spiro atoms. The fourth-order valence-corrected chi connectivity index (χ4v) is 7.17. The van der Waals surface area contributed by atoms with Crippen LogP contribution in [0.25, 0.3) is 0 Å². The van der Waals surface area contributed by atoms with Gasteiger partial charge in [-0.2, -0.15) is 0 Å².